The number of methoxy groups -OCH3 is 1. The summed E-state index contributed by atoms with van der Waals surface area (Å²) < 4.78 is 32.6. The molecule has 1 rings (SSSR count). The molecule has 19 heavy (non-hydrogen) atoms. The SMILES string of the molecule is COCC(NS(=O)(=O)c1c(C)nn(C)c1C)C(=O)O. The van der Waals surface area contributed by atoms with Crippen molar-refractivity contribution in [1.29, 1.82) is 0 Å². The summed E-state index contributed by atoms with van der Waals surface area (Å²) in [5.74, 6) is -1.30. The largest absolute Gasteiger partial charge is 0.480 e. The number of aromatic nitrogens is 2. The number of carboxylic acids is 1. The quantitative estimate of drug-likeness (QED) is 0.725. The molecule has 0 spiro atoms. The zero-order valence-corrected chi connectivity index (χ0v) is 12.0. The van der Waals surface area contributed by atoms with E-state index in [0.29, 0.717) is 11.4 Å². The van der Waals surface area contributed by atoms with Gasteiger partial charge in [-0.1, -0.05) is 0 Å². The van der Waals surface area contributed by atoms with Gasteiger partial charge in [0.1, 0.15) is 10.9 Å². The molecule has 2 N–H and O–H groups in total. The van der Waals surface area contributed by atoms with E-state index in [4.69, 9.17) is 5.11 Å². The van der Waals surface area contributed by atoms with Gasteiger partial charge in [0, 0.05) is 14.2 Å². The van der Waals surface area contributed by atoms with E-state index in [2.05, 4.69) is 14.6 Å². The first-order valence-corrected chi connectivity index (χ1v) is 6.93. The van der Waals surface area contributed by atoms with E-state index in [0.717, 1.165) is 0 Å². The molecule has 0 amide bonds. The first kappa shape index (κ1) is 15.6. The standard InChI is InChI=1S/C10H17N3O5S/c1-6-9(7(2)13(3)11-6)19(16,17)12-8(5-18-4)10(14)15/h8,12H,5H2,1-4H3,(H,14,15). The molecule has 1 aromatic heterocycles. The van der Waals surface area contributed by atoms with Crippen molar-refractivity contribution in [2.24, 2.45) is 7.05 Å². The minimum absolute atomic E-state index is 0.00245. The number of ether oxygens (including phenoxy) is 1. The Morgan fingerprint density at radius 1 is 1.53 bits per heavy atom. The second-order valence-corrected chi connectivity index (χ2v) is 5.74. The summed E-state index contributed by atoms with van der Waals surface area (Å²) >= 11 is 0. The van der Waals surface area contributed by atoms with Crippen LogP contribution in [0.4, 0.5) is 0 Å². The zero-order chi connectivity index (χ0) is 14.8. The van der Waals surface area contributed by atoms with Crippen molar-refractivity contribution in [2.75, 3.05) is 13.7 Å². The Bertz CT molecular complexity index is 578. The lowest BCUT2D eigenvalue weighted by Crippen LogP contribution is -2.44. The van der Waals surface area contributed by atoms with E-state index in [1.54, 1.807) is 20.9 Å². The van der Waals surface area contributed by atoms with Crippen LogP contribution in [-0.2, 0) is 26.6 Å². The summed E-state index contributed by atoms with van der Waals surface area (Å²) in [6.07, 6.45) is 0. The zero-order valence-electron chi connectivity index (χ0n) is 11.2. The van der Waals surface area contributed by atoms with Crippen LogP contribution in [0.2, 0.25) is 0 Å². The Hall–Kier alpha value is -1.45. The molecule has 1 unspecified atom stereocenters. The van der Waals surface area contributed by atoms with Crippen molar-refractivity contribution in [1.82, 2.24) is 14.5 Å². The maximum atomic E-state index is 12.2. The van der Waals surface area contributed by atoms with Gasteiger partial charge in [-0.3, -0.25) is 9.48 Å². The highest BCUT2D eigenvalue weighted by molar-refractivity contribution is 7.89. The minimum Gasteiger partial charge on any atom is -0.480 e. The fourth-order valence-corrected chi connectivity index (χ4v) is 3.32. The second-order valence-electron chi connectivity index (χ2n) is 4.09. The number of sulfonamides is 1. The van der Waals surface area contributed by atoms with Crippen LogP contribution in [0.3, 0.4) is 0 Å². The van der Waals surface area contributed by atoms with Crippen LogP contribution < -0.4 is 4.72 Å². The van der Waals surface area contributed by atoms with Gasteiger partial charge < -0.3 is 9.84 Å². The van der Waals surface area contributed by atoms with Gasteiger partial charge in [0.25, 0.3) is 0 Å². The topological polar surface area (TPSA) is 111 Å². The summed E-state index contributed by atoms with van der Waals surface area (Å²) in [5.41, 5.74) is 0.751. The van der Waals surface area contributed by atoms with E-state index in [9.17, 15) is 13.2 Å². The minimum atomic E-state index is -3.96. The van der Waals surface area contributed by atoms with Crippen LogP contribution in [0, 0.1) is 13.8 Å². The maximum absolute atomic E-state index is 12.2. The third-order valence-corrected chi connectivity index (χ3v) is 4.36. The molecule has 0 aliphatic heterocycles. The third-order valence-electron chi connectivity index (χ3n) is 2.64. The van der Waals surface area contributed by atoms with Crippen LogP contribution in [-0.4, -0.2) is 49.0 Å². The number of carbonyl (C=O) groups is 1. The molecule has 8 nitrogen and oxygen atoms in total. The molecule has 1 aromatic rings. The summed E-state index contributed by atoms with van der Waals surface area (Å²) in [6.45, 7) is 2.89. The lowest BCUT2D eigenvalue weighted by molar-refractivity contribution is -0.140. The number of hydrogen-bond donors (Lipinski definition) is 2. The van der Waals surface area contributed by atoms with Gasteiger partial charge in [-0.15, -0.1) is 0 Å². The van der Waals surface area contributed by atoms with Crippen LogP contribution in [0.1, 0.15) is 11.4 Å². The van der Waals surface area contributed by atoms with Crippen molar-refractivity contribution < 1.29 is 23.1 Å². The molecular weight excluding hydrogens is 274 g/mol. The van der Waals surface area contributed by atoms with Gasteiger partial charge in [-0.25, -0.2) is 8.42 Å². The van der Waals surface area contributed by atoms with Crippen LogP contribution in [0.25, 0.3) is 0 Å². The Morgan fingerprint density at radius 2 is 2.11 bits per heavy atom. The molecule has 0 saturated heterocycles. The fraction of sp³-hybridized carbons (Fsp3) is 0.600. The molecule has 0 bridgehead atoms. The van der Waals surface area contributed by atoms with E-state index < -0.39 is 22.0 Å². The van der Waals surface area contributed by atoms with Crippen LogP contribution >= 0.6 is 0 Å². The maximum Gasteiger partial charge on any atom is 0.324 e. The first-order valence-electron chi connectivity index (χ1n) is 5.45. The molecule has 0 aliphatic carbocycles. The number of carboxylic acid groups (broad SMARTS) is 1. The number of aryl methyl sites for hydroxylation is 2. The number of nitrogens with one attached hydrogen (secondary N) is 1. The Balaban J connectivity index is 3.14. The molecule has 0 aliphatic rings. The van der Waals surface area contributed by atoms with Gasteiger partial charge in [0.2, 0.25) is 10.0 Å². The van der Waals surface area contributed by atoms with E-state index in [1.807, 2.05) is 0 Å². The van der Waals surface area contributed by atoms with E-state index >= 15 is 0 Å². The van der Waals surface area contributed by atoms with Gasteiger partial charge in [-0.05, 0) is 13.8 Å². The summed E-state index contributed by atoms with van der Waals surface area (Å²) in [7, 11) is -1.05. The molecule has 108 valence electrons. The molecule has 1 heterocycles. The Labute approximate surface area is 111 Å². The number of aliphatic carboxylic acids is 1. The number of hydrogen-bond acceptors (Lipinski definition) is 5. The van der Waals surface area contributed by atoms with Crippen LogP contribution in [0.15, 0.2) is 4.90 Å². The molecule has 0 radical (unpaired) electrons. The molecule has 0 aromatic carbocycles. The van der Waals surface area contributed by atoms with Gasteiger partial charge in [0.05, 0.1) is 18.0 Å². The predicted octanol–water partition coefficient (Wildman–Crippen LogP) is -0.585. The smallest absolute Gasteiger partial charge is 0.324 e. The van der Waals surface area contributed by atoms with Crippen molar-refractivity contribution in [3.63, 3.8) is 0 Å². The average Bonchev–Trinajstić information content (AvgIpc) is 2.52. The predicted molar refractivity (Wildman–Crippen MR) is 66.3 cm³/mol. The van der Waals surface area contributed by atoms with Crippen molar-refractivity contribution in [3.05, 3.63) is 11.4 Å². The second kappa shape index (κ2) is 5.68. The Kier molecular flexibility index (Phi) is 4.66. The number of rotatable bonds is 6. The average molecular weight is 291 g/mol. The number of nitrogens with zero attached hydrogens (tertiary/aromatic N) is 2. The van der Waals surface area contributed by atoms with Crippen LogP contribution in [0.5, 0.6) is 0 Å². The molecular formula is C10H17N3O5S. The van der Waals surface area contributed by atoms with Crippen molar-refractivity contribution in [3.8, 4) is 0 Å². The van der Waals surface area contributed by atoms with Crippen molar-refractivity contribution >= 4 is 16.0 Å². The lowest BCUT2D eigenvalue weighted by Gasteiger charge is -2.14. The Morgan fingerprint density at radius 3 is 2.47 bits per heavy atom. The summed E-state index contributed by atoms with van der Waals surface area (Å²) in [5, 5.41) is 12.9. The molecule has 0 fully saturated rings. The summed E-state index contributed by atoms with van der Waals surface area (Å²) in [4.78, 5) is 10.9. The fourth-order valence-electron chi connectivity index (χ4n) is 1.71. The highest BCUT2D eigenvalue weighted by atomic mass is 32.2. The normalized spacial score (nSPS) is 13.5. The van der Waals surface area contributed by atoms with Crippen molar-refractivity contribution in [2.45, 2.75) is 24.8 Å². The molecule has 0 saturated carbocycles. The lowest BCUT2D eigenvalue weighted by atomic mass is 10.3. The van der Waals surface area contributed by atoms with Gasteiger partial charge >= 0.3 is 5.97 Å². The van der Waals surface area contributed by atoms with Gasteiger partial charge in [0.15, 0.2) is 0 Å². The third kappa shape index (κ3) is 3.31. The van der Waals surface area contributed by atoms with E-state index in [1.165, 1.54) is 11.8 Å². The van der Waals surface area contributed by atoms with E-state index in [-0.39, 0.29) is 11.5 Å². The highest BCUT2D eigenvalue weighted by Crippen LogP contribution is 2.18. The highest BCUT2D eigenvalue weighted by Gasteiger charge is 2.29. The first-order chi connectivity index (χ1) is 8.70. The van der Waals surface area contributed by atoms with Gasteiger partial charge in [-0.2, -0.15) is 9.82 Å². The summed E-state index contributed by atoms with van der Waals surface area (Å²) in [6, 6.07) is -1.34. The molecule has 1 atom stereocenters. The molecule has 9 heteroatoms. The monoisotopic (exact) mass is 291 g/mol.